The number of rotatable bonds is 5. The lowest BCUT2D eigenvalue weighted by molar-refractivity contribution is -0.146. The van der Waals surface area contributed by atoms with E-state index in [-0.39, 0.29) is 18.6 Å². The van der Waals surface area contributed by atoms with Crippen molar-refractivity contribution >= 4 is 11.9 Å². The second kappa shape index (κ2) is 7.18. The van der Waals surface area contributed by atoms with Crippen LogP contribution in [0.2, 0.25) is 0 Å². The number of carbonyl (C=O) groups is 2. The molecule has 5 nitrogen and oxygen atoms in total. The molecule has 0 radical (unpaired) electrons. The summed E-state index contributed by atoms with van der Waals surface area (Å²) in [6.07, 6.45) is 3.78. The van der Waals surface area contributed by atoms with Gasteiger partial charge >= 0.3 is 11.9 Å². The molecule has 24 heavy (non-hydrogen) atoms. The summed E-state index contributed by atoms with van der Waals surface area (Å²) in [5, 5.41) is 0. The van der Waals surface area contributed by atoms with Crippen LogP contribution in [0.1, 0.15) is 37.7 Å². The first-order valence-corrected chi connectivity index (χ1v) is 8.25. The van der Waals surface area contributed by atoms with Gasteiger partial charge in [0.05, 0.1) is 25.7 Å². The van der Waals surface area contributed by atoms with Crippen molar-refractivity contribution in [3.05, 3.63) is 47.0 Å². The van der Waals surface area contributed by atoms with Crippen LogP contribution in [0.25, 0.3) is 0 Å². The van der Waals surface area contributed by atoms with Crippen LogP contribution in [0.4, 0.5) is 0 Å². The van der Waals surface area contributed by atoms with Gasteiger partial charge in [-0.1, -0.05) is 30.3 Å². The first-order valence-electron chi connectivity index (χ1n) is 8.25. The van der Waals surface area contributed by atoms with E-state index in [0.717, 1.165) is 36.8 Å². The van der Waals surface area contributed by atoms with Crippen LogP contribution in [0.3, 0.4) is 0 Å². The van der Waals surface area contributed by atoms with Crippen molar-refractivity contribution in [1.29, 1.82) is 0 Å². The van der Waals surface area contributed by atoms with Crippen LogP contribution >= 0.6 is 0 Å². The highest BCUT2D eigenvalue weighted by atomic mass is 16.5. The first kappa shape index (κ1) is 16.7. The Kier molecular flexibility index (Phi) is 5.00. The molecule has 1 spiro atoms. The zero-order valence-corrected chi connectivity index (χ0v) is 13.9. The molecule has 1 heterocycles. The summed E-state index contributed by atoms with van der Waals surface area (Å²) in [6, 6.07) is 9.45. The van der Waals surface area contributed by atoms with Crippen LogP contribution in [-0.4, -0.2) is 31.3 Å². The minimum atomic E-state index is -0.475. The predicted molar refractivity (Wildman–Crippen MR) is 87.0 cm³/mol. The van der Waals surface area contributed by atoms with Gasteiger partial charge < -0.3 is 14.2 Å². The predicted octanol–water partition coefficient (Wildman–Crippen LogP) is 2.93. The fraction of sp³-hybridized carbons (Fsp3) is 0.474. The number of carbonyl (C=O) groups excluding carboxylic acids is 2. The molecule has 1 aromatic carbocycles. The lowest BCUT2D eigenvalue weighted by atomic mass is 9.96. The Morgan fingerprint density at radius 1 is 1.17 bits per heavy atom. The third-order valence-corrected chi connectivity index (χ3v) is 4.66. The Hall–Kier alpha value is -2.14. The molecule has 2 fully saturated rings. The molecule has 5 heteroatoms. The zero-order valence-electron chi connectivity index (χ0n) is 13.9. The summed E-state index contributed by atoms with van der Waals surface area (Å²) in [5.41, 5.74) is 2.19. The molecule has 1 aliphatic carbocycles. The largest absolute Gasteiger partial charge is 0.466 e. The van der Waals surface area contributed by atoms with Crippen molar-refractivity contribution in [3.63, 3.8) is 0 Å². The van der Waals surface area contributed by atoms with Crippen LogP contribution < -0.4 is 0 Å². The molecule has 0 atom stereocenters. The summed E-state index contributed by atoms with van der Waals surface area (Å²) >= 11 is 0. The topological polar surface area (TPSA) is 61.8 Å². The maximum Gasteiger partial charge on any atom is 0.334 e. The van der Waals surface area contributed by atoms with Gasteiger partial charge in [-0.25, -0.2) is 4.79 Å². The number of methoxy groups -OCH3 is 1. The Morgan fingerprint density at radius 3 is 2.50 bits per heavy atom. The van der Waals surface area contributed by atoms with Crippen LogP contribution in [0, 0.1) is 0 Å². The third-order valence-electron chi connectivity index (χ3n) is 4.66. The first-order chi connectivity index (χ1) is 11.6. The minimum Gasteiger partial charge on any atom is -0.466 e. The van der Waals surface area contributed by atoms with Crippen molar-refractivity contribution in [1.82, 2.24) is 0 Å². The van der Waals surface area contributed by atoms with Crippen LogP contribution in [-0.2, 0) is 30.4 Å². The van der Waals surface area contributed by atoms with Gasteiger partial charge in [0, 0.05) is 5.57 Å². The highest BCUT2D eigenvalue weighted by molar-refractivity contribution is 5.94. The summed E-state index contributed by atoms with van der Waals surface area (Å²) in [4.78, 5) is 24.2. The fourth-order valence-electron chi connectivity index (χ4n) is 2.93. The molecule has 0 bridgehead atoms. The summed E-state index contributed by atoms with van der Waals surface area (Å²) in [7, 11) is 1.32. The number of hydrogen-bond donors (Lipinski definition) is 0. The van der Waals surface area contributed by atoms with E-state index in [1.54, 1.807) is 0 Å². The van der Waals surface area contributed by atoms with Crippen molar-refractivity contribution < 1.29 is 23.8 Å². The smallest absolute Gasteiger partial charge is 0.334 e. The maximum absolute atomic E-state index is 12.1. The highest BCUT2D eigenvalue weighted by Gasteiger charge is 2.46. The van der Waals surface area contributed by atoms with E-state index < -0.39 is 11.9 Å². The molecule has 128 valence electrons. The van der Waals surface area contributed by atoms with Crippen LogP contribution in [0.5, 0.6) is 0 Å². The molecule has 0 N–H and O–H groups in total. The monoisotopic (exact) mass is 330 g/mol. The molecule has 1 saturated carbocycles. The average molecular weight is 330 g/mol. The van der Waals surface area contributed by atoms with Gasteiger partial charge in [-0.3, -0.25) is 4.79 Å². The average Bonchev–Trinajstić information content (AvgIpc) is 3.38. The Balaban J connectivity index is 1.61. The van der Waals surface area contributed by atoms with Gasteiger partial charge in [0.25, 0.3) is 0 Å². The summed E-state index contributed by atoms with van der Waals surface area (Å²) in [6.45, 7) is 0.597. The molecule has 1 aliphatic heterocycles. The second-order valence-corrected chi connectivity index (χ2v) is 6.37. The summed E-state index contributed by atoms with van der Waals surface area (Å²) in [5.74, 6) is -0.907. The van der Waals surface area contributed by atoms with Gasteiger partial charge in [0.15, 0.2) is 0 Å². The Labute approximate surface area is 141 Å². The summed E-state index contributed by atoms with van der Waals surface area (Å²) < 4.78 is 16.0. The second-order valence-electron chi connectivity index (χ2n) is 6.37. The molecule has 0 unspecified atom stereocenters. The van der Waals surface area contributed by atoms with E-state index in [9.17, 15) is 9.59 Å². The minimum absolute atomic E-state index is 0.0402. The van der Waals surface area contributed by atoms with Gasteiger partial charge in [0.2, 0.25) is 0 Å². The van der Waals surface area contributed by atoms with Crippen molar-refractivity contribution in [2.24, 2.45) is 0 Å². The van der Waals surface area contributed by atoms with Gasteiger partial charge in [-0.2, -0.15) is 0 Å². The molecular formula is C19H22O5. The molecule has 1 aromatic rings. The Morgan fingerprint density at radius 2 is 1.92 bits per heavy atom. The van der Waals surface area contributed by atoms with E-state index in [4.69, 9.17) is 14.2 Å². The normalized spacial score (nSPS) is 20.4. The molecular weight excluding hydrogens is 308 g/mol. The Bertz CT molecular complexity index is 631. The van der Waals surface area contributed by atoms with Gasteiger partial charge in [-0.15, -0.1) is 0 Å². The van der Waals surface area contributed by atoms with Crippen molar-refractivity contribution in [2.45, 2.75) is 44.3 Å². The van der Waals surface area contributed by atoms with E-state index >= 15 is 0 Å². The van der Waals surface area contributed by atoms with Gasteiger partial charge in [0.1, 0.15) is 6.61 Å². The van der Waals surface area contributed by atoms with E-state index in [2.05, 4.69) is 0 Å². The maximum atomic E-state index is 12.1. The molecule has 1 saturated heterocycles. The standard InChI is InChI=1S/C19H22O5/c1-22-18(21)16(15-7-8-19(9-10-19)24-13-15)11-17(20)23-12-14-5-3-2-4-6-14/h2-6H,7-13H2,1H3/b16-15-. The quantitative estimate of drug-likeness (QED) is 0.613. The number of hydrogen-bond acceptors (Lipinski definition) is 5. The molecule has 0 amide bonds. The van der Waals surface area contributed by atoms with E-state index in [1.165, 1.54) is 7.11 Å². The number of benzene rings is 1. The van der Waals surface area contributed by atoms with Crippen molar-refractivity contribution in [2.75, 3.05) is 13.7 Å². The van der Waals surface area contributed by atoms with E-state index in [0.29, 0.717) is 12.2 Å². The lowest BCUT2D eigenvalue weighted by Crippen LogP contribution is -2.25. The van der Waals surface area contributed by atoms with Crippen LogP contribution in [0.15, 0.2) is 41.5 Å². The fourth-order valence-corrected chi connectivity index (χ4v) is 2.93. The number of esters is 2. The van der Waals surface area contributed by atoms with Gasteiger partial charge in [-0.05, 0) is 36.8 Å². The SMILES string of the molecule is COC(=O)/C(CC(=O)OCc1ccccc1)=C1/CCC2(CC2)OC1. The molecule has 0 aromatic heterocycles. The highest BCUT2D eigenvalue weighted by Crippen LogP contribution is 2.47. The van der Waals surface area contributed by atoms with E-state index in [1.807, 2.05) is 30.3 Å². The number of ether oxygens (including phenoxy) is 3. The molecule has 2 aliphatic rings. The van der Waals surface area contributed by atoms with Crippen molar-refractivity contribution in [3.8, 4) is 0 Å². The zero-order chi connectivity index (χ0) is 17.0. The lowest BCUT2D eigenvalue weighted by Gasteiger charge is -2.26. The molecule has 3 rings (SSSR count). The third kappa shape index (κ3) is 4.03.